The first-order chi connectivity index (χ1) is 15.8. The third-order valence-electron chi connectivity index (χ3n) is 5.02. The Morgan fingerprint density at radius 1 is 1.15 bits per heavy atom. The molecular weight excluding hydrogens is 458 g/mol. The fourth-order valence-electron chi connectivity index (χ4n) is 3.41. The maximum absolute atomic E-state index is 12.9. The van der Waals surface area contributed by atoms with Crippen molar-refractivity contribution in [3.05, 3.63) is 83.7 Å². The van der Waals surface area contributed by atoms with Gasteiger partial charge < -0.3 is 9.30 Å². The highest BCUT2D eigenvalue weighted by Gasteiger charge is 2.22. The van der Waals surface area contributed by atoms with E-state index in [2.05, 4.69) is 18.2 Å². The number of carbonyl (C=O) groups is 1. The van der Waals surface area contributed by atoms with E-state index in [0.717, 1.165) is 15.8 Å². The number of aryl methyl sites for hydroxylation is 1. The zero-order valence-corrected chi connectivity index (χ0v) is 20.4. The molecule has 0 radical (unpaired) electrons. The van der Waals surface area contributed by atoms with E-state index in [9.17, 15) is 13.2 Å². The number of benzene rings is 2. The normalized spacial score (nSPS) is 12.4. The van der Waals surface area contributed by atoms with Gasteiger partial charge in [-0.1, -0.05) is 35.6 Å². The second-order valence-electron chi connectivity index (χ2n) is 7.29. The van der Waals surface area contributed by atoms with E-state index in [4.69, 9.17) is 4.74 Å². The van der Waals surface area contributed by atoms with E-state index in [-0.39, 0.29) is 18.0 Å². The lowest BCUT2D eigenvalue weighted by Gasteiger charge is -2.19. The minimum atomic E-state index is -3.73. The number of hydrogen-bond acceptors (Lipinski definition) is 5. The number of methoxy groups -OCH3 is 1. The Hall–Kier alpha value is -2.85. The largest absolute Gasteiger partial charge is 0.383 e. The van der Waals surface area contributed by atoms with Crippen LogP contribution in [0.1, 0.15) is 15.9 Å². The lowest BCUT2D eigenvalue weighted by Crippen LogP contribution is -2.31. The van der Waals surface area contributed by atoms with Gasteiger partial charge in [0.15, 0.2) is 4.80 Å². The second-order valence-corrected chi connectivity index (χ2v) is 10.2. The van der Waals surface area contributed by atoms with Crippen LogP contribution in [-0.2, 0) is 21.3 Å². The fourth-order valence-corrected chi connectivity index (χ4v) is 5.93. The van der Waals surface area contributed by atoms with E-state index in [1.54, 1.807) is 7.11 Å². The highest BCUT2D eigenvalue weighted by atomic mass is 32.2. The number of nitrogens with zero attached hydrogens (tertiary/aromatic N) is 3. The SMILES string of the molecule is C=CCN(CC=C)S(=O)(=O)c1ccc(C(=O)N=c2sc3cccc(C)c3n2CCOC)cc1. The van der Waals surface area contributed by atoms with E-state index in [0.29, 0.717) is 23.5 Å². The summed E-state index contributed by atoms with van der Waals surface area (Å²) in [6.45, 7) is 10.6. The Morgan fingerprint density at radius 2 is 1.82 bits per heavy atom. The third kappa shape index (κ3) is 5.39. The smallest absolute Gasteiger partial charge is 0.279 e. The summed E-state index contributed by atoms with van der Waals surface area (Å²) in [5.41, 5.74) is 2.42. The molecule has 2 aromatic carbocycles. The molecule has 3 aromatic rings. The number of hydrogen-bond donors (Lipinski definition) is 0. The highest BCUT2D eigenvalue weighted by molar-refractivity contribution is 7.89. The van der Waals surface area contributed by atoms with E-state index in [1.165, 1.54) is 52.1 Å². The number of fused-ring (bicyclic) bond motifs is 1. The van der Waals surface area contributed by atoms with Crippen molar-refractivity contribution in [2.24, 2.45) is 4.99 Å². The molecule has 9 heteroatoms. The maximum atomic E-state index is 12.9. The molecule has 174 valence electrons. The molecule has 0 bridgehead atoms. The number of carbonyl (C=O) groups excluding carboxylic acids is 1. The van der Waals surface area contributed by atoms with Crippen LogP contribution in [0.4, 0.5) is 0 Å². The average molecular weight is 486 g/mol. The first-order valence-electron chi connectivity index (χ1n) is 10.3. The summed E-state index contributed by atoms with van der Waals surface area (Å²) in [5, 5.41) is 0. The van der Waals surface area contributed by atoms with Gasteiger partial charge in [-0.15, -0.1) is 13.2 Å². The number of amides is 1. The van der Waals surface area contributed by atoms with Crippen molar-refractivity contribution in [2.75, 3.05) is 26.8 Å². The maximum Gasteiger partial charge on any atom is 0.279 e. The van der Waals surface area contributed by atoms with Crippen LogP contribution in [-0.4, -0.2) is 50.0 Å². The van der Waals surface area contributed by atoms with Gasteiger partial charge >= 0.3 is 0 Å². The van der Waals surface area contributed by atoms with Gasteiger partial charge in [0.2, 0.25) is 10.0 Å². The fraction of sp³-hybridized carbons (Fsp3) is 0.250. The predicted octanol–water partition coefficient (Wildman–Crippen LogP) is 3.76. The van der Waals surface area contributed by atoms with Gasteiger partial charge in [-0.25, -0.2) is 8.42 Å². The number of sulfonamides is 1. The van der Waals surface area contributed by atoms with Crippen molar-refractivity contribution in [3.63, 3.8) is 0 Å². The van der Waals surface area contributed by atoms with Crippen molar-refractivity contribution < 1.29 is 17.9 Å². The molecule has 0 aliphatic heterocycles. The molecule has 0 aliphatic carbocycles. The van der Waals surface area contributed by atoms with Crippen LogP contribution < -0.4 is 4.80 Å². The van der Waals surface area contributed by atoms with Crippen molar-refractivity contribution >= 4 is 37.5 Å². The quantitative estimate of drug-likeness (QED) is 0.410. The first kappa shape index (κ1) is 24.8. The molecule has 0 N–H and O–H groups in total. The lowest BCUT2D eigenvalue weighted by molar-refractivity contribution is 0.0997. The molecule has 1 heterocycles. The van der Waals surface area contributed by atoms with Crippen molar-refractivity contribution in [2.45, 2.75) is 18.4 Å². The summed E-state index contributed by atoms with van der Waals surface area (Å²) in [7, 11) is -2.10. The molecule has 1 amide bonds. The number of para-hydroxylation sites is 1. The molecule has 7 nitrogen and oxygen atoms in total. The molecule has 0 unspecified atom stereocenters. The summed E-state index contributed by atoms with van der Waals surface area (Å²) >= 11 is 1.43. The predicted molar refractivity (Wildman–Crippen MR) is 132 cm³/mol. The van der Waals surface area contributed by atoms with Crippen LogP contribution >= 0.6 is 11.3 Å². The third-order valence-corrected chi connectivity index (χ3v) is 7.91. The highest BCUT2D eigenvalue weighted by Crippen LogP contribution is 2.21. The molecular formula is C24H27N3O4S2. The first-order valence-corrected chi connectivity index (χ1v) is 12.6. The van der Waals surface area contributed by atoms with Gasteiger partial charge in [-0.2, -0.15) is 9.30 Å². The van der Waals surface area contributed by atoms with Gasteiger partial charge in [-0.3, -0.25) is 4.79 Å². The zero-order chi connectivity index (χ0) is 24.0. The monoisotopic (exact) mass is 485 g/mol. The second kappa shape index (κ2) is 10.8. The van der Waals surface area contributed by atoms with E-state index < -0.39 is 15.9 Å². The van der Waals surface area contributed by atoms with Gasteiger partial charge in [0.1, 0.15) is 0 Å². The molecule has 1 aromatic heterocycles. The molecule has 0 saturated carbocycles. The van der Waals surface area contributed by atoms with Crippen molar-refractivity contribution in [3.8, 4) is 0 Å². The van der Waals surface area contributed by atoms with Crippen molar-refractivity contribution in [1.29, 1.82) is 0 Å². The zero-order valence-electron chi connectivity index (χ0n) is 18.7. The Balaban J connectivity index is 1.97. The van der Waals surface area contributed by atoms with Crippen LogP contribution in [0, 0.1) is 6.92 Å². The van der Waals surface area contributed by atoms with Gasteiger partial charge in [0.05, 0.1) is 21.7 Å². The lowest BCUT2D eigenvalue weighted by atomic mass is 10.2. The summed E-state index contributed by atoms with van der Waals surface area (Å²) in [5.74, 6) is -0.441. The van der Waals surface area contributed by atoms with E-state index in [1.807, 2.05) is 29.7 Å². The average Bonchev–Trinajstić information content (AvgIpc) is 3.15. The standard InChI is InChI=1S/C24H27N3O4S2/c1-5-14-26(15-6-2)33(29,30)20-12-10-19(11-13-20)23(28)25-24-27(16-17-31-4)22-18(3)8-7-9-21(22)32-24/h5-13H,1-2,14-17H2,3-4H3. The minimum absolute atomic E-state index is 0.0930. The number of rotatable bonds is 10. The number of aromatic nitrogens is 1. The Bertz CT molecular complexity index is 1330. The van der Waals surface area contributed by atoms with Crippen LogP contribution in [0.3, 0.4) is 0 Å². The molecule has 0 aliphatic rings. The van der Waals surface area contributed by atoms with Crippen LogP contribution in [0.5, 0.6) is 0 Å². The molecule has 0 atom stereocenters. The minimum Gasteiger partial charge on any atom is -0.383 e. The van der Waals surface area contributed by atoms with Gasteiger partial charge in [0.25, 0.3) is 5.91 Å². The molecule has 3 rings (SSSR count). The summed E-state index contributed by atoms with van der Waals surface area (Å²) in [6, 6.07) is 11.8. The number of thiazole rings is 1. The summed E-state index contributed by atoms with van der Waals surface area (Å²) < 4.78 is 35.2. The summed E-state index contributed by atoms with van der Waals surface area (Å²) in [4.78, 5) is 17.9. The molecule has 0 spiro atoms. The van der Waals surface area contributed by atoms with Crippen LogP contribution in [0.25, 0.3) is 10.2 Å². The van der Waals surface area contributed by atoms with Crippen LogP contribution in [0.15, 0.2) is 77.7 Å². The summed E-state index contributed by atoms with van der Waals surface area (Å²) in [6.07, 6.45) is 3.03. The van der Waals surface area contributed by atoms with E-state index >= 15 is 0 Å². The van der Waals surface area contributed by atoms with Gasteiger partial charge in [0, 0.05) is 32.3 Å². The topological polar surface area (TPSA) is 81.0 Å². The molecule has 33 heavy (non-hydrogen) atoms. The molecule has 0 saturated heterocycles. The Morgan fingerprint density at radius 3 is 2.42 bits per heavy atom. The molecule has 0 fully saturated rings. The van der Waals surface area contributed by atoms with Gasteiger partial charge in [-0.05, 0) is 42.8 Å². The van der Waals surface area contributed by atoms with Crippen molar-refractivity contribution in [1.82, 2.24) is 8.87 Å². The number of ether oxygens (including phenoxy) is 1. The Labute approximate surface area is 198 Å². The Kier molecular flexibility index (Phi) is 8.15. The van der Waals surface area contributed by atoms with Crippen LogP contribution in [0.2, 0.25) is 0 Å².